The molecule has 1 aliphatic carbocycles. The van der Waals surface area contributed by atoms with Crippen molar-refractivity contribution in [3.63, 3.8) is 0 Å². The Bertz CT molecular complexity index is 170. The Morgan fingerprint density at radius 2 is 2.10 bits per heavy atom. The number of hydrogen-bond donors (Lipinski definition) is 0. The van der Waals surface area contributed by atoms with Crippen molar-refractivity contribution in [2.24, 2.45) is 17.8 Å². The van der Waals surface area contributed by atoms with Gasteiger partial charge in [-0.3, -0.25) is 0 Å². The van der Waals surface area contributed by atoms with Crippen LogP contribution in [0.15, 0.2) is 0 Å². The van der Waals surface area contributed by atoms with Gasteiger partial charge in [0.05, 0.1) is 6.07 Å². The number of rotatable bonds is 1. The van der Waals surface area contributed by atoms with Gasteiger partial charge in [0.25, 0.3) is 0 Å². The monoisotopic (exact) mass is 136 g/mol. The Kier molecular flexibility index (Phi) is 1.21. The molecule has 2 fully saturated rings. The van der Waals surface area contributed by atoms with Crippen LogP contribution in [0.2, 0.25) is 0 Å². The molecule has 0 N–H and O–H groups in total. The predicted molar refractivity (Wildman–Crippen MR) is 38.2 cm³/mol. The van der Waals surface area contributed by atoms with Crippen LogP contribution in [-0.2, 0) is 0 Å². The minimum absolute atomic E-state index is 0.765. The predicted octanol–water partition coefficient (Wildman–Crippen LogP) is 0.708. The van der Waals surface area contributed by atoms with Gasteiger partial charge >= 0.3 is 0 Å². The minimum atomic E-state index is 0.765. The summed E-state index contributed by atoms with van der Waals surface area (Å²) in [5.41, 5.74) is 0. The molecule has 2 heteroatoms. The third kappa shape index (κ3) is 0.741. The highest BCUT2D eigenvalue weighted by atomic mass is 15.2. The van der Waals surface area contributed by atoms with Gasteiger partial charge in [0.15, 0.2) is 0 Å². The Labute approximate surface area is 61.4 Å². The third-order valence-corrected chi connectivity index (χ3v) is 2.88. The van der Waals surface area contributed by atoms with Crippen LogP contribution in [0, 0.1) is 29.1 Å². The molecule has 0 bridgehead atoms. The zero-order chi connectivity index (χ0) is 7.14. The van der Waals surface area contributed by atoms with E-state index in [2.05, 4.69) is 18.0 Å². The Balaban J connectivity index is 1.87. The summed E-state index contributed by atoms with van der Waals surface area (Å²) in [6.07, 6.45) is 0.795. The van der Waals surface area contributed by atoms with E-state index in [-0.39, 0.29) is 0 Å². The lowest BCUT2D eigenvalue weighted by Crippen LogP contribution is -2.18. The van der Waals surface area contributed by atoms with Crippen LogP contribution in [0.5, 0.6) is 0 Å². The lowest BCUT2D eigenvalue weighted by Gasteiger charge is -2.10. The van der Waals surface area contributed by atoms with Crippen molar-refractivity contribution in [1.29, 1.82) is 5.26 Å². The maximum atomic E-state index is 8.43. The van der Waals surface area contributed by atoms with Crippen LogP contribution in [0.1, 0.15) is 6.42 Å². The largest absolute Gasteiger partial charge is 0.306 e. The van der Waals surface area contributed by atoms with Crippen LogP contribution in [-0.4, -0.2) is 25.0 Å². The summed E-state index contributed by atoms with van der Waals surface area (Å²) in [6, 6.07) is 2.25. The van der Waals surface area contributed by atoms with Gasteiger partial charge in [0, 0.05) is 19.5 Å². The van der Waals surface area contributed by atoms with Gasteiger partial charge in [0.2, 0.25) is 0 Å². The van der Waals surface area contributed by atoms with Gasteiger partial charge in [-0.25, -0.2) is 0 Å². The standard InChI is InChI=1S/C8H12N2/c1-10-4-7-6(2-3-9)8(7)5-10/h6-8H,2,4-5H2,1H3. The first-order valence-electron chi connectivity index (χ1n) is 3.88. The highest BCUT2D eigenvalue weighted by Crippen LogP contribution is 2.52. The highest BCUT2D eigenvalue weighted by Gasteiger charge is 2.54. The molecule has 0 radical (unpaired) electrons. The topological polar surface area (TPSA) is 27.0 Å². The molecule has 0 aromatic carbocycles. The van der Waals surface area contributed by atoms with Crippen molar-refractivity contribution in [3.8, 4) is 6.07 Å². The minimum Gasteiger partial charge on any atom is -0.306 e. The number of fused-ring (bicyclic) bond motifs is 1. The quantitative estimate of drug-likeness (QED) is 0.530. The maximum absolute atomic E-state index is 8.43. The summed E-state index contributed by atoms with van der Waals surface area (Å²) >= 11 is 0. The molecule has 1 heterocycles. The van der Waals surface area contributed by atoms with Gasteiger partial charge in [-0.15, -0.1) is 0 Å². The fraction of sp³-hybridized carbons (Fsp3) is 0.875. The molecule has 2 rings (SSSR count). The fourth-order valence-electron chi connectivity index (χ4n) is 2.27. The van der Waals surface area contributed by atoms with Crippen molar-refractivity contribution in [1.82, 2.24) is 4.90 Å². The average molecular weight is 136 g/mol. The van der Waals surface area contributed by atoms with Gasteiger partial charge in [-0.05, 0) is 24.8 Å². The molecular weight excluding hydrogens is 124 g/mol. The zero-order valence-corrected chi connectivity index (χ0v) is 6.25. The number of likely N-dealkylation sites (tertiary alicyclic amines) is 1. The molecular formula is C8H12N2. The van der Waals surface area contributed by atoms with E-state index < -0.39 is 0 Å². The van der Waals surface area contributed by atoms with Crippen molar-refractivity contribution < 1.29 is 0 Å². The summed E-state index contributed by atoms with van der Waals surface area (Å²) in [5.74, 6) is 2.52. The molecule has 2 nitrogen and oxygen atoms in total. The molecule has 0 aromatic heterocycles. The van der Waals surface area contributed by atoms with Crippen molar-refractivity contribution in [2.75, 3.05) is 20.1 Å². The summed E-state index contributed by atoms with van der Waals surface area (Å²) in [7, 11) is 2.16. The van der Waals surface area contributed by atoms with E-state index in [9.17, 15) is 0 Å². The summed E-state index contributed by atoms with van der Waals surface area (Å²) in [6.45, 7) is 2.47. The molecule has 2 aliphatic rings. The second-order valence-corrected chi connectivity index (χ2v) is 3.58. The molecule has 54 valence electrons. The first-order valence-corrected chi connectivity index (χ1v) is 3.88. The van der Waals surface area contributed by atoms with Crippen molar-refractivity contribution in [3.05, 3.63) is 0 Å². The molecule has 0 spiro atoms. The van der Waals surface area contributed by atoms with Gasteiger partial charge in [-0.2, -0.15) is 5.26 Å². The summed E-state index contributed by atoms with van der Waals surface area (Å²) in [5, 5.41) is 8.43. The molecule has 10 heavy (non-hydrogen) atoms. The van der Waals surface area contributed by atoms with Crippen LogP contribution in [0.3, 0.4) is 0 Å². The second-order valence-electron chi connectivity index (χ2n) is 3.58. The summed E-state index contributed by atoms with van der Waals surface area (Å²) < 4.78 is 0. The molecule has 2 unspecified atom stereocenters. The molecule has 1 saturated carbocycles. The lowest BCUT2D eigenvalue weighted by molar-refractivity contribution is 0.345. The number of piperidine rings is 1. The van der Waals surface area contributed by atoms with Crippen LogP contribution in [0.25, 0.3) is 0 Å². The highest BCUT2D eigenvalue weighted by molar-refractivity contribution is 5.06. The second kappa shape index (κ2) is 1.96. The van der Waals surface area contributed by atoms with Crippen molar-refractivity contribution in [2.45, 2.75) is 6.42 Å². The van der Waals surface area contributed by atoms with Crippen LogP contribution >= 0.6 is 0 Å². The van der Waals surface area contributed by atoms with E-state index in [1.54, 1.807) is 0 Å². The number of nitrogens with zero attached hydrogens (tertiary/aromatic N) is 2. The number of nitriles is 1. The normalized spacial score (nSPS) is 44.6. The van der Waals surface area contributed by atoms with E-state index in [4.69, 9.17) is 5.26 Å². The van der Waals surface area contributed by atoms with E-state index in [0.717, 1.165) is 24.2 Å². The SMILES string of the molecule is CN1CC2C(CC#N)C2C1. The fourth-order valence-corrected chi connectivity index (χ4v) is 2.27. The molecule has 0 aromatic rings. The van der Waals surface area contributed by atoms with Gasteiger partial charge in [-0.1, -0.05) is 0 Å². The molecule has 0 amide bonds. The molecule has 1 saturated heterocycles. The molecule has 1 aliphatic heterocycles. The summed E-state index contributed by atoms with van der Waals surface area (Å²) in [4.78, 5) is 2.36. The number of hydrogen-bond acceptors (Lipinski definition) is 2. The Morgan fingerprint density at radius 1 is 1.50 bits per heavy atom. The van der Waals surface area contributed by atoms with E-state index >= 15 is 0 Å². The zero-order valence-electron chi connectivity index (χ0n) is 6.25. The Hall–Kier alpha value is -0.550. The van der Waals surface area contributed by atoms with Gasteiger partial charge < -0.3 is 4.90 Å². The average Bonchev–Trinajstić information content (AvgIpc) is 2.43. The van der Waals surface area contributed by atoms with E-state index in [0.29, 0.717) is 0 Å². The first kappa shape index (κ1) is 6.18. The lowest BCUT2D eigenvalue weighted by atomic mass is 10.2. The third-order valence-electron chi connectivity index (χ3n) is 2.88. The Morgan fingerprint density at radius 3 is 2.60 bits per heavy atom. The van der Waals surface area contributed by atoms with Gasteiger partial charge in [0.1, 0.15) is 0 Å². The van der Waals surface area contributed by atoms with E-state index in [1.165, 1.54) is 13.1 Å². The first-order chi connectivity index (χ1) is 4.83. The van der Waals surface area contributed by atoms with Crippen LogP contribution in [0.4, 0.5) is 0 Å². The van der Waals surface area contributed by atoms with Crippen LogP contribution < -0.4 is 0 Å². The van der Waals surface area contributed by atoms with E-state index in [1.807, 2.05) is 0 Å². The smallest absolute Gasteiger partial charge is 0.0624 e. The molecule has 2 atom stereocenters. The maximum Gasteiger partial charge on any atom is 0.0624 e. The van der Waals surface area contributed by atoms with Crippen molar-refractivity contribution >= 4 is 0 Å².